The van der Waals surface area contributed by atoms with Gasteiger partial charge in [0, 0.05) is 24.3 Å². The molecule has 29 heavy (non-hydrogen) atoms. The fourth-order valence-electron chi connectivity index (χ4n) is 4.48. The van der Waals surface area contributed by atoms with E-state index in [-0.39, 0.29) is 17.6 Å². The van der Waals surface area contributed by atoms with Gasteiger partial charge in [0.25, 0.3) is 0 Å². The van der Waals surface area contributed by atoms with Gasteiger partial charge in [-0.25, -0.2) is 9.48 Å². The first-order valence-electron chi connectivity index (χ1n) is 9.89. The van der Waals surface area contributed by atoms with Crippen molar-refractivity contribution in [3.05, 3.63) is 17.5 Å². The number of anilines is 1. The smallest absolute Gasteiger partial charge is 0.410 e. The maximum absolute atomic E-state index is 12.4. The molecule has 1 aliphatic carbocycles. The summed E-state index contributed by atoms with van der Waals surface area (Å²) in [7, 11) is 0. The maximum Gasteiger partial charge on any atom is 0.410 e. The van der Waals surface area contributed by atoms with Crippen molar-refractivity contribution in [3.8, 4) is 17.3 Å². The van der Waals surface area contributed by atoms with Crippen LogP contribution in [0.2, 0.25) is 0 Å². The zero-order valence-electron chi connectivity index (χ0n) is 17.3. The lowest BCUT2D eigenvalue weighted by molar-refractivity contribution is 0.0188. The molecule has 0 aromatic carbocycles. The minimum Gasteiger partial charge on any atom is -0.444 e. The molecule has 9 nitrogen and oxygen atoms in total. The largest absolute Gasteiger partial charge is 0.444 e. The molecule has 2 aromatic rings. The molecule has 0 atom stereocenters. The van der Waals surface area contributed by atoms with E-state index in [4.69, 9.17) is 10.5 Å². The Hall–Kier alpha value is -3.02. The summed E-state index contributed by atoms with van der Waals surface area (Å²) in [5.41, 5.74) is 8.46. The van der Waals surface area contributed by atoms with Crippen LogP contribution in [0.1, 0.15) is 57.3 Å². The predicted octanol–water partition coefficient (Wildman–Crippen LogP) is 3.00. The van der Waals surface area contributed by atoms with Crippen LogP contribution in [0.15, 0.2) is 6.20 Å². The van der Waals surface area contributed by atoms with Crippen molar-refractivity contribution in [2.24, 2.45) is 5.41 Å². The number of aromatic amines is 1. The molecule has 0 radical (unpaired) electrons. The van der Waals surface area contributed by atoms with Crippen LogP contribution in [-0.4, -0.2) is 49.7 Å². The predicted molar refractivity (Wildman–Crippen MR) is 107 cm³/mol. The molecule has 1 saturated carbocycles. The number of hydrogen-bond donors (Lipinski definition) is 2. The summed E-state index contributed by atoms with van der Waals surface area (Å²) in [6.45, 7) is 8.92. The third kappa shape index (κ3) is 3.33. The van der Waals surface area contributed by atoms with Crippen molar-refractivity contribution in [3.63, 3.8) is 0 Å². The lowest BCUT2D eigenvalue weighted by Gasteiger charge is -2.45. The Labute approximate surface area is 169 Å². The molecule has 2 aliphatic rings. The van der Waals surface area contributed by atoms with Crippen molar-refractivity contribution in [1.82, 2.24) is 24.9 Å². The van der Waals surface area contributed by atoms with Crippen LogP contribution < -0.4 is 5.73 Å². The van der Waals surface area contributed by atoms with Crippen molar-refractivity contribution in [2.75, 3.05) is 18.8 Å². The standard InChI is InChI=1S/C20H27N7O2/c1-12-15(10-23-24-12)16-14(9-21)17(22)27(25-16)13-7-20(8-13)5-6-26(11-20)18(28)29-19(2,3)4/h10,13H,5-8,11,22H2,1-4H3,(H,23,24). The summed E-state index contributed by atoms with van der Waals surface area (Å²) in [4.78, 5) is 14.2. The van der Waals surface area contributed by atoms with Gasteiger partial charge in [-0.1, -0.05) is 0 Å². The van der Waals surface area contributed by atoms with Crippen LogP contribution in [0, 0.1) is 23.7 Å². The summed E-state index contributed by atoms with van der Waals surface area (Å²) < 4.78 is 7.28. The SMILES string of the molecule is Cc1[nH]ncc1-c1nn(C2CC3(CCN(C(=O)OC(C)(C)C)C3)C2)c(N)c1C#N. The van der Waals surface area contributed by atoms with Crippen LogP contribution in [0.3, 0.4) is 0 Å². The Morgan fingerprint density at radius 3 is 2.76 bits per heavy atom. The number of nitrogens with two attached hydrogens (primary N) is 1. The lowest BCUT2D eigenvalue weighted by atomic mass is 9.65. The number of rotatable bonds is 2. The molecule has 154 valence electrons. The van der Waals surface area contributed by atoms with Gasteiger partial charge >= 0.3 is 6.09 Å². The van der Waals surface area contributed by atoms with E-state index >= 15 is 0 Å². The van der Waals surface area contributed by atoms with Gasteiger partial charge < -0.3 is 15.4 Å². The molecule has 0 unspecified atom stereocenters. The molecule has 3 heterocycles. The van der Waals surface area contributed by atoms with E-state index in [1.807, 2.05) is 27.7 Å². The number of ether oxygens (including phenoxy) is 1. The van der Waals surface area contributed by atoms with Gasteiger partial charge in [-0.15, -0.1) is 0 Å². The fourth-order valence-corrected chi connectivity index (χ4v) is 4.48. The molecule has 2 fully saturated rings. The van der Waals surface area contributed by atoms with E-state index in [0.29, 0.717) is 30.2 Å². The number of nitrogens with one attached hydrogen (secondary N) is 1. The quantitative estimate of drug-likeness (QED) is 0.802. The molecule has 0 bridgehead atoms. The summed E-state index contributed by atoms with van der Waals surface area (Å²) in [6, 6.07) is 2.31. The van der Waals surface area contributed by atoms with Crippen LogP contribution in [-0.2, 0) is 4.74 Å². The molecule has 1 amide bonds. The van der Waals surface area contributed by atoms with E-state index in [0.717, 1.165) is 30.5 Å². The molecule has 2 aromatic heterocycles. The van der Waals surface area contributed by atoms with Gasteiger partial charge in [-0.3, -0.25) is 5.10 Å². The van der Waals surface area contributed by atoms with Gasteiger partial charge in [-0.2, -0.15) is 15.5 Å². The average molecular weight is 397 g/mol. The molecule has 9 heteroatoms. The summed E-state index contributed by atoms with van der Waals surface area (Å²) >= 11 is 0. The van der Waals surface area contributed by atoms with Crippen LogP contribution in [0.4, 0.5) is 10.6 Å². The zero-order chi connectivity index (χ0) is 21.0. The number of nitriles is 1. The second-order valence-corrected chi connectivity index (χ2v) is 9.29. The number of likely N-dealkylation sites (tertiary alicyclic amines) is 1. The van der Waals surface area contributed by atoms with E-state index in [2.05, 4.69) is 21.4 Å². The number of carbonyl (C=O) groups is 1. The minimum absolute atomic E-state index is 0.0818. The van der Waals surface area contributed by atoms with E-state index < -0.39 is 5.60 Å². The Morgan fingerprint density at radius 2 is 2.17 bits per heavy atom. The third-order valence-electron chi connectivity index (χ3n) is 5.92. The van der Waals surface area contributed by atoms with E-state index in [1.54, 1.807) is 15.8 Å². The summed E-state index contributed by atoms with van der Waals surface area (Å²) in [5, 5.41) is 21.2. The van der Waals surface area contributed by atoms with Crippen LogP contribution in [0.25, 0.3) is 11.3 Å². The first kappa shape index (κ1) is 19.3. The van der Waals surface area contributed by atoms with E-state index in [9.17, 15) is 10.1 Å². The molecule has 1 aliphatic heterocycles. The maximum atomic E-state index is 12.4. The Morgan fingerprint density at radius 1 is 1.45 bits per heavy atom. The number of nitrogen functional groups attached to an aromatic ring is 1. The van der Waals surface area contributed by atoms with Gasteiger partial charge in [-0.05, 0) is 52.4 Å². The second-order valence-electron chi connectivity index (χ2n) is 9.29. The fraction of sp³-hybridized carbons (Fsp3) is 0.600. The number of hydrogen-bond acceptors (Lipinski definition) is 6. The average Bonchev–Trinajstić information content (AvgIpc) is 3.28. The highest BCUT2D eigenvalue weighted by molar-refractivity contribution is 5.73. The summed E-state index contributed by atoms with van der Waals surface area (Å²) in [5.74, 6) is 0.393. The Balaban J connectivity index is 1.48. The molecular weight excluding hydrogens is 370 g/mol. The van der Waals surface area contributed by atoms with Gasteiger partial charge in [0.15, 0.2) is 0 Å². The first-order valence-corrected chi connectivity index (χ1v) is 9.89. The van der Waals surface area contributed by atoms with Crippen LogP contribution in [0.5, 0.6) is 0 Å². The van der Waals surface area contributed by atoms with Crippen molar-refractivity contribution >= 4 is 11.9 Å². The highest BCUT2D eigenvalue weighted by Gasteiger charge is 2.51. The van der Waals surface area contributed by atoms with Crippen LogP contribution >= 0.6 is 0 Å². The van der Waals surface area contributed by atoms with Gasteiger partial charge in [0.05, 0.1) is 12.2 Å². The number of amides is 1. The van der Waals surface area contributed by atoms with Crippen molar-refractivity contribution in [1.29, 1.82) is 5.26 Å². The first-order chi connectivity index (χ1) is 13.6. The molecule has 1 saturated heterocycles. The normalized spacial score (nSPS) is 23.8. The Kier molecular flexibility index (Phi) is 4.33. The topological polar surface area (TPSA) is 126 Å². The van der Waals surface area contributed by atoms with Crippen molar-refractivity contribution < 1.29 is 9.53 Å². The molecule has 3 N–H and O–H groups in total. The number of nitrogens with zero attached hydrogens (tertiary/aromatic N) is 5. The number of carbonyl (C=O) groups excluding carboxylic acids is 1. The van der Waals surface area contributed by atoms with Gasteiger partial charge in [0.1, 0.15) is 28.7 Å². The Bertz CT molecular complexity index is 986. The molecule has 4 rings (SSSR count). The monoisotopic (exact) mass is 397 g/mol. The third-order valence-corrected chi connectivity index (χ3v) is 5.92. The lowest BCUT2D eigenvalue weighted by Crippen LogP contribution is -2.43. The number of aryl methyl sites for hydroxylation is 1. The summed E-state index contributed by atoms with van der Waals surface area (Å²) in [6.07, 6.45) is 4.13. The second kappa shape index (κ2) is 6.51. The highest BCUT2D eigenvalue weighted by atomic mass is 16.6. The highest BCUT2D eigenvalue weighted by Crippen LogP contribution is 2.54. The van der Waals surface area contributed by atoms with E-state index in [1.165, 1.54) is 0 Å². The van der Waals surface area contributed by atoms with Gasteiger partial charge in [0.2, 0.25) is 0 Å². The number of aromatic nitrogens is 4. The molecule has 1 spiro atoms. The zero-order valence-corrected chi connectivity index (χ0v) is 17.3. The van der Waals surface area contributed by atoms with Crippen molar-refractivity contribution in [2.45, 2.75) is 58.6 Å². The molecular formula is C20H27N7O2. The number of H-pyrrole nitrogens is 1. The minimum atomic E-state index is -0.492.